The first-order valence-corrected chi connectivity index (χ1v) is 5.23. The molecular formula is C9H11BrClNO3. The average Bonchev–Trinajstić information content (AvgIpc) is 2.21. The fourth-order valence-corrected chi connectivity index (χ4v) is 2.19. The SMILES string of the molecule is COc1c(Br)cc(Cl)c(CON)c1OC. The third-order valence-corrected chi connectivity index (χ3v) is 2.80. The van der Waals surface area contributed by atoms with Crippen molar-refractivity contribution in [2.75, 3.05) is 14.2 Å². The monoisotopic (exact) mass is 295 g/mol. The fourth-order valence-electron chi connectivity index (χ4n) is 1.24. The van der Waals surface area contributed by atoms with E-state index < -0.39 is 0 Å². The summed E-state index contributed by atoms with van der Waals surface area (Å²) in [5.41, 5.74) is 0.654. The lowest BCUT2D eigenvalue weighted by Crippen LogP contribution is -2.03. The second-order valence-electron chi connectivity index (χ2n) is 2.70. The Hall–Kier alpha value is -0.490. The molecule has 4 nitrogen and oxygen atoms in total. The zero-order valence-corrected chi connectivity index (χ0v) is 10.7. The van der Waals surface area contributed by atoms with Crippen molar-refractivity contribution < 1.29 is 14.3 Å². The minimum Gasteiger partial charge on any atom is -0.492 e. The number of halogens is 2. The molecule has 0 fully saturated rings. The lowest BCUT2D eigenvalue weighted by molar-refractivity contribution is 0.121. The van der Waals surface area contributed by atoms with Gasteiger partial charge in [0.25, 0.3) is 0 Å². The maximum atomic E-state index is 6.02. The van der Waals surface area contributed by atoms with Gasteiger partial charge in [0.1, 0.15) is 0 Å². The van der Waals surface area contributed by atoms with Gasteiger partial charge in [-0.15, -0.1) is 0 Å². The smallest absolute Gasteiger partial charge is 0.175 e. The largest absolute Gasteiger partial charge is 0.492 e. The number of benzene rings is 1. The molecule has 2 N–H and O–H groups in total. The maximum Gasteiger partial charge on any atom is 0.175 e. The van der Waals surface area contributed by atoms with Gasteiger partial charge < -0.3 is 9.47 Å². The van der Waals surface area contributed by atoms with Crippen molar-refractivity contribution in [2.45, 2.75) is 6.61 Å². The van der Waals surface area contributed by atoms with E-state index in [1.165, 1.54) is 7.11 Å². The van der Waals surface area contributed by atoms with Gasteiger partial charge in [0, 0.05) is 5.56 Å². The number of hydrogen-bond donors (Lipinski definition) is 1. The van der Waals surface area contributed by atoms with Crippen molar-refractivity contribution in [1.82, 2.24) is 0 Å². The predicted octanol–water partition coefficient (Wildman–Crippen LogP) is 2.51. The fraction of sp³-hybridized carbons (Fsp3) is 0.333. The van der Waals surface area contributed by atoms with Gasteiger partial charge in [0.2, 0.25) is 0 Å². The molecule has 0 saturated heterocycles. The van der Waals surface area contributed by atoms with Gasteiger partial charge in [-0.2, -0.15) is 0 Å². The summed E-state index contributed by atoms with van der Waals surface area (Å²) < 4.78 is 11.1. The number of nitrogens with two attached hydrogens (primary N) is 1. The number of methoxy groups -OCH3 is 2. The molecule has 1 rings (SSSR count). The zero-order valence-electron chi connectivity index (χ0n) is 8.34. The summed E-state index contributed by atoms with van der Waals surface area (Å²) in [7, 11) is 3.07. The molecule has 0 aliphatic carbocycles. The summed E-state index contributed by atoms with van der Waals surface area (Å²) in [5.74, 6) is 6.10. The minimum absolute atomic E-state index is 0.158. The Labute approximate surface area is 101 Å². The lowest BCUT2D eigenvalue weighted by Gasteiger charge is -2.15. The van der Waals surface area contributed by atoms with Crippen molar-refractivity contribution >= 4 is 27.5 Å². The van der Waals surface area contributed by atoms with Crippen molar-refractivity contribution in [3.05, 3.63) is 21.1 Å². The Morgan fingerprint density at radius 3 is 2.40 bits per heavy atom. The third kappa shape index (κ3) is 2.55. The van der Waals surface area contributed by atoms with E-state index in [-0.39, 0.29) is 6.61 Å². The Balaban J connectivity index is 3.35. The van der Waals surface area contributed by atoms with Crippen LogP contribution in [0.15, 0.2) is 10.5 Å². The number of rotatable bonds is 4. The number of ether oxygens (including phenoxy) is 2. The van der Waals surface area contributed by atoms with Crippen LogP contribution >= 0.6 is 27.5 Å². The van der Waals surface area contributed by atoms with Gasteiger partial charge >= 0.3 is 0 Å². The van der Waals surface area contributed by atoms with Gasteiger partial charge in [0.05, 0.1) is 30.3 Å². The molecule has 0 spiro atoms. The van der Waals surface area contributed by atoms with Crippen LogP contribution in [0, 0.1) is 0 Å². The third-order valence-electron chi connectivity index (χ3n) is 1.87. The first kappa shape index (κ1) is 12.6. The molecule has 0 aliphatic rings. The molecule has 0 radical (unpaired) electrons. The molecular weight excluding hydrogens is 285 g/mol. The van der Waals surface area contributed by atoms with Crippen LogP contribution in [0.3, 0.4) is 0 Å². The van der Waals surface area contributed by atoms with E-state index in [1.54, 1.807) is 13.2 Å². The van der Waals surface area contributed by atoms with E-state index in [2.05, 4.69) is 20.8 Å². The molecule has 0 aliphatic heterocycles. The second-order valence-corrected chi connectivity index (χ2v) is 3.96. The summed E-state index contributed by atoms with van der Waals surface area (Å²) in [6.07, 6.45) is 0. The summed E-state index contributed by atoms with van der Waals surface area (Å²) in [6.45, 7) is 0.158. The van der Waals surface area contributed by atoms with Crippen LogP contribution in [0.1, 0.15) is 5.56 Å². The van der Waals surface area contributed by atoms with Gasteiger partial charge in [-0.3, -0.25) is 4.84 Å². The molecule has 0 unspecified atom stereocenters. The van der Waals surface area contributed by atoms with Crippen LogP contribution in [-0.4, -0.2) is 14.2 Å². The highest BCUT2D eigenvalue weighted by molar-refractivity contribution is 9.10. The van der Waals surface area contributed by atoms with Gasteiger partial charge in [-0.05, 0) is 22.0 Å². The van der Waals surface area contributed by atoms with Crippen molar-refractivity contribution in [2.24, 2.45) is 5.90 Å². The Bertz CT molecular complexity index is 360. The van der Waals surface area contributed by atoms with Gasteiger partial charge in [0.15, 0.2) is 11.5 Å². The molecule has 6 heteroatoms. The summed E-state index contributed by atoms with van der Waals surface area (Å²) in [4.78, 5) is 4.56. The lowest BCUT2D eigenvalue weighted by atomic mass is 10.2. The highest BCUT2D eigenvalue weighted by Gasteiger charge is 2.17. The molecule has 0 heterocycles. The zero-order chi connectivity index (χ0) is 11.4. The molecule has 1 aromatic carbocycles. The molecule has 1 aromatic rings. The molecule has 0 aromatic heterocycles. The highest BCUT2D eigenvalue weighted by atomic mass is 79.9. The Kier molecular flexibility index (Phi) is 4.66. The minimum atomic E-state index is 0.158. The van der Waals surface area contributed by atoms with E-state index >= 15 is 0 Å². The molecule has 0 amide bonds. The quantitative estimate of drug-likeness (QED) is 0.868. The first-order chi connectivity index (χ1) is 7.15. The van der Waals surface area contributed by atoms with E-state index in [0.29, 0.717) is 26.6 Å². The molecule has 84 valence electrons. The Morgan fingerprint density at radius 2 is 1.93 bits per heavy atom. The van der Waals surface area contributed by atoms with Crippen molar-refractivity contribution in [3.63, 3.8) is 0 Å². The van der Waals surface area contributed by atoms with Crippen LogP contribution in [0.25, 0.3) is 0 Å². The van der Waals surface area contributed by atoms with E-state index in [9.17, 15) is 0 Å². The molecule has 0 saturated carbocycles. The maximum absolute atomic E-state index is 6.02. The van der Waals surface area contributed by atoms with Crippen LogP contribution in [0.5, 0.6) is 11.5 Å². The normalized spacial score (nSPS) is 10.2. The summed E-state index contributed by atoms with van der Waals surface area (Å²) in [5, 5.41) is 0.505. The summed E-state index contributed by atoms with van der Waals surface area (Å²) >= 11 is 9.34. The van der Waals surface area contributed by atoms with Crippen molar-refractivity contribution in [3.8, 4) is 11.5 Å². The highest BCUT2D eigenvalue weighted by Crippen LogP contribution is 2.42. The van der Waals surface area contributed by atoms with E-state index in [1.807, 2.05) is 0 Å². The van der Waals surface area contributed by atoms with Crippen LogP contribution in [0.2, 0.25) is 5.02 Å². The topological polar surface area (TPSA) is 53.7 Å². The van der Waals surface area contributed by atoms with E-state index in [0.717, 1.165) is 0 Å². The van der Waals surface area contributed by atoms with Crippen molar-refractivity contribution in [1.29, 1.82) is 0 Å². The molecule has 0 atom stereocenters. The Morgan fingerprint density at radius 1 is 1.33 bits per heavy atom. The standard InChI is InChI=1S/C9H11BrClNO3/c1-13-8-5(4-15-12)7(11)3-6(10)9(8)14-2/h3H,4,12H2,1-2H3. The van der Waals surface area contributed by atoms with E-state index in [4.69, 9.17) is 27.0 Å². The van der Waals surface area contributed by atoms with Crippen LogP contribution in [-0.2, 0) is 11.4 Å². The van der Waals surface area contributed by atoms with Crippen LogP contribution in [0.4, 0.5) is 0 Å². The second kappa shape index (κ2) is 5.55. The predicted molar refractivity (Wildman–Crippen MR) is 61.2 cm³/mol. The molecule has 0 bridgehead atoms. The van der Waals surface area contributed by atoms with Gasteiger partial charge in [-0.1, -0.05) is 11.6 Å². The number of hydrogen-bond acceptors (Lipinski definition) is 4. The first-order valence-electron chi connectivity index (χ1n) is 4.06. The average molecular weight is 297 g/mol. The van der Waals surface area contributed by atoms with Crippen LogP contribution < -0.4 is 15.4 Å². The summed E-state index contributed by atoms with van der Waals surface area (Å²) in [6, 6.07) is 1.71. The molecule has 15 heavy (non-hydrogen) atoms. The van der Waals surface area contributed by atoms with Gasteiger partial charge in [-0.25, -0.2) is 5.90 Å².